The summed E-state index contributed by atoms with van der Waals surface area (Å²) >= 11 is 1.40. The minimum Gasteiger partial charge on any atom is -0.245 e. The summed E-state index contributed by atoms with van der Waals surface area (Å²) < 4.78 is 25.6. The lowest BCUT2D eigenvalue weighted by molar-refractivity contribution is 0.572. The zero-order chi connectivity index (χ0) is 12.2. The molecule has 1 aromatic rings. The first-order valence-electron chi connectivity index (χ1n) is 4.78. The first kappa shape index (κ1) is 13.1. The summed E-state index contributed by atoms with van der Waals surface area (Å²) in [6, 6.07) is 1.77. The van der Waals surface area contributed by atoms with Gasteiger partial charge in [0, 0.05) is 11.1 Å². The molecule has 0 bridgehead atoms. The molecule has 0 fully saturated rings. The Morgan fingerprint density at radius 1 is 1.69 bits per heavy atom. The van der Waals surface area contributed by atoms with Crippen LogP contribution in [0, 0.1) is 18.3 Å². The normalized spacial score (nSPS) is 13.3. The van der Waals surface area contributed by atoms with Crippen molar-refractivity contribution in [2.24, 2.45) is 0 Å². The molecule has 0 saturated heterocycles. The SMILES string of the molecule is CCC(C#N)S(=O)(=O)NCc1nc(C)cs1. The number of sulfonamides is 1. The Morgan fingerprint density at radius 2 is 2.38 bits per heavy atom. The van der Waals surface area contributed by atoms with Gasteiger partial charge in [-0.1, -0.05) is 6.92 Å². The number of nitrogens with zero attached hydrogens (tertiary/aromatic N) is 2. The zero-order valence-electron chi connectivity index (χ0n) is 9.10. The van der Waals surface area contributed by atoms with Crippen molar-refractivity contribution in [2.75, 3.05) is 0 Å². The Labute approximate surface area is 99.2 Å². The van der Waals surface area contributed by atoms with Gasteiger partial charge in [-0.05, 0) is 13.3 Å². The average molecular weight is 259 g/mol. The van der Waals surface area contributed by atoms with Crippen LogP contribution in [0.15, 0.2) is 5.38 Å². The topological polar surface area (TPSA) is 82.8 Å². The molecule has 1 atom stereocenters. The maximum absolute atomic E-state index is 11.6. The molecule has 0 aliphatic carbocycles. The molecule has 1 N–H and O–H groups in total. The van der Waals surface area contributed by atoms with Gasteiger partial charge in [0.05, 0.1) is 12.6 Å². The minimum atomic E-state index is -3.56. The molecule has 88 valence electrons. The van der Waals surface area contributed by atoms with Gasteiger partial charge in [0.2, 0.25) is 10.0 Å². The van der Waals surface area contributed by atoms with E-state index < -0.39 is 15.3 Å². The van der Waals surface area contributed by atoms with Gasteiger partial charge in [0.1, 0.15) is 5.01 Å². The van der Waals surface area contributed by atoms with Crippen LogP contribution in [-0.4, -0.2) is 18.7 Å². The van der Waals surface area contributed by atoms with E-state index in [0.717, 1.165) is 5.69 Å². The molecular formula is C9H13N3O2S2. The summed E-state index contributed by atoms with van der Waals surface area (Å²) in [6.07, 6.45) is 0.280. The van der Waals surface area contributed by atoms with Crippen molar-refractivity contribution in [1.82, 2.24) is 9.71 Å². The van der Waals surface area contributed by atoms with Crippen LogP contribution in [0.25, 0.3) is 0 Å². The van der Waals surface area contributed by atoms with E-state index in [9.17, 15) is 8.42 Å². The van der Waals surface area contributed by atoms with Crippen molar-refractivity contribution in [3.8, 4) is 6.07 Å². The van der Waals surface area contributed by atoms with Crippen molar-refractivity contribution in [2.45, 2.75) is 32.1 Å². The van der Waals surface area contributed by atoms with Gasteiger partial charge in [0.25, 0.3) is 0 Å². The second kappa shape index (κ2) is 5.39. The Morgan fingerprint density at radius 3 is 2.81 bits per heavy atom. The number of hydrogen-bond acceptors (Lipinski definition) is 5. The lowest BCUT2D eigenvalue weighted by Crippen LogP contribution is -2.32. The van der Waals surface area contributed by atoms with Gasteiger partial charge in [-0.3, -0.25) is 0 Å². The predicted molar refractivity (Wildman–Crippen MR) is 62.3 cm³/mol. The Bertz CT molecular complexity index is 487. The first-order chi connectivity index (χ1) is 7.49. The molecule has 1 unspecified atom stereocenters. The van der Waals surface area contributed by atoms with Crippen LogP contribution < -0.4 is 4.72 Å². The van der Waals surface area contributed by atoms with Gasteiger partial charge >= 0.3 is 0 Å². The number of hydrogen-bond donors (Lipinski definition) is 1. The molecule has 0 saturated carbocycles. The van der Waals surface area contributed by atoms with Crippen LogP contribution in [0.1, 0.15) is 24.0 Å². The summed E-state index contributed by atoms with van der Waals surface area (Å²) in [5.41, 5.74) is 0.867. The number of aromatic nitrogens is 1. The molecule has 0 aromatic carbocycles. The molecule has 0 radical (unpaired) electrons. The standard InChI is InChI=1S/C9H13N3O2S2/c1-3-8(4-10)16(13,14)11-5-9-12-7(2)6-15-9/h6,8,11H,3,5H2,1-2H3. The van der Waals surface area contributed by atoms with Crippen LogP contribution in [0.5, 0.6) is 0 Å². The monoisotopic (exact) mass is 259 g/mol. The summed E-state index contributed by atoms with van der Waals surface area (Å²) in [7, 11) is -3.56. The van der Waals surface area contributed by atoms with E-state index in [1.54, 1.807) is 13.0 Å². The summed E-state index contributed by atoms with van der Waals surface area (Å²) in [5.74, 6) is 0. The van der Waals surface area contributed by atoms with Gasteiger partial charge in [-0.15, -0.1) is 11.3 Å². The second-order valence-corrected chi connectivity index (χ2v) is 6.17. The summed E-state index contributed by atoms with van der Waals surface area (Å²) in [6.45, 7) is 3.66. The van der Waals surface area contributed by atoms with Crippen molar-refractivity contribution < 1.29 is 8.42 Å². The van der Waals surface area contributed by atoms with E-state index in [-0.39, 0.29) is 13.0 Å². The number of aryl methyl sites for hydroxylation is 1. The second-order valence-electron chi connectivity index (χ2n) is 3.27. The highest BCUT2D eigenvalue weighted by molar-refractivity contribution is 7.90. The van der Waals surface area contributed by atoms with E-state index in [2.05, 4.69) is 9.71 Å². The lowest BCUT2D eigenvalue weighted by Gasteiger charge is -2.08. The fourth-order valence-electron chi connectivity index (χ4n) is 1.13. The highest BCUT2D eigenvalue weighted by Crippen LogP contribution is 2.10. The molecule has 0 aliphatic rings. The lowest BCUT2D eigenvalue weighted by atomic mass is 10.4. The summed E-state index contributed by atoms with van der Waals surface area (Å²) in [5, 5.41) is 10.2. The first-order valence-corrected chi connectivity index (χ1v) is 7.21. The van der Waals surface area contributed by atoms with Crippen LogP contribution in [0.4, 0.5) is 0 Å². The van der Waals surface area contributed by atoms with Crippen LogP contribution in [0.2, 0.25) is 0 Å². The molecule has 0 spiro atoms. The van der Waals surface area contributed by atoms with Crippen molar-refractivity contribution in [1.29, 1.82) is 5.26 Å². The average Bonchev–Trinajstić information content (AvgIpc) is 2.63. The number of nitrogens with one attached hydrogen (secondary N) is 1. The maximum atomic E-state index is 11.6. The third-order valence-electron chi connectivity index (χ3n) is 1.98. The summed E-state index contributed by atoms with van der Waals surface area (Å²) in [4.78, 5) is 4.13. The Kier molecular flexibility index (Phi) is 4.41. The van der Waals surface area contributed by atoms with Crippen LogP contribution in [0.3, 0.4) is 0 Å². The van der Waals surface area contributed by atoms with E-state index in [1.807, 2.05) is 12.3 Å². The predicted octanol–water partition coefficient (Wildman–Crippen LogP) is 1.17. The molecule has 5 nitrogen and oxygen atoms in total. The molecular weight excluding hydrogens is 246 g/mol. The molecule has 0 aliphatic heterocycles. The molecule has 1 aromatic heterocycles. The Balaban J connectivity index is 2.65. The van der Waals surface area contributed by atoms with Gasteiger partial charge in [0.15, 0.2) is 5.25 Å². The highest BCUT2D eigenvalue weighted by atomic mass is 32.2. The third kappa shape index (κ3) is 3.27. The highest BCUT2D eigenvalue weighted by Gasteiger charge is 2.22. The van der Waals surface area contributed by atoms with Crippen molar-refractivity contribution in [3.63, 3.8) is 0 Å². The fourth-order valence-corrected chi connectivity index (χ4v) is 3.05. The number of thiazole rings is 1. The van der Waals surface area contributed by atoms with Crippen LogP contribution >= 0.6 is 11.3 Å². The quantitative estimate of drug-likeness (QED) is 0.860. The molecule has 16 heavy (non-hydrogen) atoms. The number of nitriles is 1. The molecule has 7 heteroatoms. The van der Waals surface area contributed by atoms with Gasteiger partial charge in [-0.25, -0.2) is 18.1 Å². The smallest absolute Gasteiger partial charge is 0.228 e. The third-order valence-corrected chi connectivity index (χ3v) is 4.68. The Hall–Kier alpha value is -0.970. The molecule has 0 amide bonds. The van der Waals surface area contributed by atoms with E-state index in [1.165, 1.54) is 11.3 Å². The fraction of sp³-hybridized carbons (Fsp3) is 0.556. The minimum absolute atomic E-state index is 0.152. The zero-order valence-corrected chi connectivity index (χ0v) is 10.7. The number of rotatable bonds is 5. The van der Waals surface area contributed by atoms with E-state index in [4.69, 9.17) is 5.26 Å². The van der Waals surface area contributed by atoms with Crippen molar-refractivity contribution >= 4 is 21.4 Å². The molecule has 1 rings (SSSR count). The maximum Gasteiger partial charge on any atom is 0.228 e. The van der Waals surface area contributed by atoms with E-state index in [0.29, 0.717) is 5.01 Å². The molecule has 1 heterocycles. The van der Waals surface area contributed by atoms with Crippen LogP contribution in [-0.2, 0) is 16.6 Å². The van der Waals surface area contributed by atoms with Gasteiger partial charge < -0.3 is 0 Å². The van der Waals surface area contributed by atoms with Gasteiger partial charge in [-0.2, -0.15) is 5.26 Å². The largest absolute Gasteiger partial charge is 0.245 e. The van der Waals surface area contributed by atoms with E-state index >= 15 is 0 Å². The van der Waals surface area contributed by atoms with Crippen molar-refractivity contribution in [3.05, 3.63) is 16.1 Å².